The molecule has 0 aromatic carbocycles. The number of rotatable bonds is 2. The molecule has 0 heterocycles. The molecule has 0 unspecified atom stereocenters. The molecule has 0 aliphatic heterocycles. The lowest BCUT2D eigenvalue weighted by Gasteiger charge is -1.98. The highest BCUT2D eigenvalue weighted by atomic mass is 15.5. The molecule has 0 aromatic rings. The van der Waals surface area contributed by atoms with E-state index in [0.29, 0.717) is 0 Å². The monoisotopic (exact) mass is 100 g/mol. The average molecular weight is 100 g/mol. The molecule has 0 aromatic heterocycles. The van der Waals surface area contributed by atoms with E-state index in [9.17, 15) is 0 Å². The van der Waals surface area contributed by atoms with Crippen molar-refractivity contribution in [3.05, 3.63) is 10.4 Å². The third-order valence-corrected chi connectivity index (χ3v) is 0.650. The van der Waals surface area contributed by atoms with Crippen LogP contribution in [0.3, 0.4) is 0 Å². The van der Waals surface area contributed by atoms with Crippen molar-refractivity contribution in [2.75, 3.05) is 13.6 Å². The lowest BCUT2D eigenvalue weighted by atomic mass is 10.8. The minimum Gasteiger partial charge on any atom is -0.251 e. The van der Waals surface area contributed by atoms with Crippen LogP contribution in [0.15, 0.2) is 5.22 Å². The average Bonchev–Trinajstić information content (AvgIpc) is 1.68. The van der Waals surface area contributed by atoms with Gasteiger partial charge in [0.2, 0.25) is 0 Å². The molecule has 0 atom stereocenters. The number of nitrogens with zero attached hydrogens (tertiary/aromatic N) is 4. The molecule has 7 heavy (non-hydrogen) atoms. The zero-order valence-corrected chi connectivity index (χ0v) is 4.50. The highest BCUT2D eigenvalue weighted by molar-refractivity contribution is 4.38. The standard InChI is InChI=1S/C3H8N4/c1-3-7(2)6-5-4/h3H2,1-2H3. The predicted molar refractivity (Wildman–Crippen MR) is 27.4 cm³/mol. The van der Waals surface area contributed by atoms with Crippen molar-refractivity contribution in [2.45, 2.75) is 6.92 Å². The third kappa shape index (κ3) is 2.93. The number of hydrogen-bond acceptors (Lipinski definition) is 1. The van der Waals surface area contributed by atoms with E-state index in [4.69, 9.17) is 5.53 Å². The molecule has 0 N–H and O–H groups in total. The van der Waals surface area contributed by atoms with E-state index in [1.54, 1.807) is 7.05 Å². The first kappa shape index (κ1) is 6.11. The molecule has 0 aliphatic carbocycles. The Morgan fingerprint density at radius 1 is 1.86 bits per heavy atom. The lowest BCUT2D eigenvalue weighted by molar-refractivity contribution is 0.368. The molecule has 40 valence electrons. The van der Waals surface area contributed by atoms with Crippen molar-refractivity contribution in [1.82, 2.24) is 5.01 Å². The molecule has 0 spiro atoms. The fourth-order valence-electron chi connectivity index (χ4n) is 0.132. The van der Waals surface area contributed by atoms with Crippen molar-refractivity contribution in [2.24, 2.45) is 5.22 Å². The molecule has 0 saturated carbocycles. The highest BCUT2D eigenvalue weighted by Crippen LogP contribution is 1.78. The summed E-state index contributed by atoms with van der Waals surface area (Å²) in [5, 5.41) is 4.77. The van der Waals surface area contributed by atoms with Crippen molar-refractivity contribution < 1.29 is 0 Å². The van der Waals surface area contributed by atoms with Crippen molar-refractivity contribution >= 4 is 0 Å². The first-order valence-corrected chi connectivity index (χ1v) is 2.07. The first-order chi connectivity index (χ1) is 3.31. The summed E-state index contributed by atoms with van der Waals surface area (Å²) in [6.45, 7) is 2.67. The summed E-state index contributed by atoms with van der Waals surface area (Å²) in [5.74, 6) is 0. The van der Waals surface area contributed by atoms with Crippen LogP contribution in [0.2, 0.25) is 0 Å². The quantitative estimate of drug-likeness (QED) is 0.222. The molecule has 4 nitrogen and oxygen atoms in total. The second kappa shape index (κ2) is 3.31. The van der Waals surface area contributed by atoms with Gasteiger partial charge in [-0.1, -0.05) is 0 Å². The van der Waals surface area contributed by atoms with Crippen LogP contribution >= 0.6 is 0 Å². The molecule has 0 aliphatic rings. The molecule has 0 rings (SSSR count). The van der Waals surface area contributed by atoms with Gasteiger partial charge in [0.25, 0.3) is 0 Å². The third-order valence-electron chi connectivity index (χ3n) is 0.650. The van der Waals surface area contributed by atoms with Gasteiger partial charge >= 0.3 is 0 Å². The van der Waals surface area contributed by atoms with Gasteiger partial charge < -0.3 is 0 Å². The molecule has 0 bridgehead atoms. The van der Waals surface area contributed by atoms with Crippen LogP contribution in [-0.2, 0) is 0 Å². The van der Waals surface area contributed by atoms with E-state index in [-0.39, 0.29) is 0 Å². The zero-order valence-electron chi connectivity index (χ0n) is 4.50. The molecular weight excluding hydrogens is 92.1 g/mol. The van der Waals surface area contributed by atoms with Gasteiger partial charge in [-0.25, -0.2) is 0 Å². The Bertz CT molecular complexity index is 82.9. The molecular formula is C3H8N4. The smallest absolute Gasteiger partial charge is 0.0853 e. The van der Waals surface area contributed by atoms with Crippen LogP contribution < -0.4 is 0 Å². The van der Waals surface area contributed by atoms with Gasteiger partial charge in [-0.15, -0.1) is 5.53 Å². The molecule has 0 saturated heterocycles. The second-order valence-electron chi connectivity index (χ2n) is 1.15. The van der Waals surface area contributed by atoms with Gasteiger partial charge in [0, 0.05) is 0 Å². The fourth-order valence-corrected chi connectivity index (χ4v) is 0.132. The second-order valence-corrected chi connectivity index (χ2v) is 1.15. The molecule has 0 fully saturated rings. The number of hydrogen-bond donors (Lipinski definition) is 0. The zero-order chi connectivity index (χ0) is 5.70. The first-order valence-electron chi connectivity index (χ1n) is 2.07. The minimum absolute atomic E-state index is 0.754. The Morgan fingerprint density at radius 3 is 2.57 bits per heavy atom. The van der Waals surface area contributed by atoms with Gasteiger partial charge in [-0.3, -0.25) is 5.01 Å². The molecule has 0 amide bonds. The summed E-state index contributed by atoms with van der Waals surface area (Å²) in [6.07, 6.45) is 0. The van der Waals surface area contributed by atoms with Crippen LogP contribution in [0.1, 0.15) is 6.92 Å². The fraction of sp³-hybridized carbons (Fsp3) is 1.00. The topological polar surface area (TPSA) is 52.0 Å². The van der Waals surface area contributed by atoms with Gasteiger partial charge in [0.1, 0.15) is 0 Å². The Balaban J connectivity index is 3.35. The van der Waals surface area contributed by atoms with Gasteiger partial charge in [0.15, 0.2) is 0 Å². The van der Waals surface area contributed by atoms with Gasteiger partial charge in [-0.2, -0.15) is 4.91 Å². The Labute approximate surface area is 42.3 Å². The Morgan fingerprint density at radius 2 is 2.43 bits per heavy atom. The lowest BCUT2D eigenvalue weighted by Crippen LogP contribution is -2.06. The summed E-state index contributed by atoms with van der Waals surface area (Å²) in [7, 11) is 1.72. The Hall–Kier alpha value is -0.890. The maximum Gasteiger partial charge on any atom is 0.0853 e. The number of azide groups is 1. The summed E-state index contributed by atoms with van der Waals surface area (Å²) in [6, 6.07) is 0. The van der Waals surface area contributed by atoms with E-state index in [1.807, 2.05) is 6.92 Å². The Kier molecular flexibility index (Phi) is 2.89. The summed E-state index contributed by atoms with van der Waals surface area (Å²) >= 11 is 0. The van der Waals surface area contributed by atoms with E-state index < -0.39 is 0 Å². The largest absolute Gasteiger partial charge is 0.251 e. The van der Waals surface area contributed by atoms with Crippen LogP contribution in [0.4, 0.5) is 0 Å². The summed E-state index contributed by atoms with van der Waals surface area (Å²) in [5.41, 5.74) is 7.78. The van der Waals surface area contributed by atoms with E-state index >= 15 is 0 Å². The maximum absolute atomic E-state index is 7.78. The molecule has 4 heteroatoms. The van der Waals surface area contributed by atoms with E-state index in [0.717, 1.165) is 6.54 Å². The summed E-state index contributed by atoms with van der Waals surface area (Å²) in [4.78, 5) is 2.56. The van der Waals surface area contributed by atoms with E-state index in [2.05, 4.69) is 10.1 Å². The SMILES string of the molecule is CCN(C)N=[N+]=[N-]. The van der Waals surface area contributed by atoms with Crippen LogP contribution in [0, 0.1) is 0 Å². The minimum atomic E-state index is 0.754. The summed E-state index contributed by atoms with van der Waals surface area (Å²) < 4.78 is 0. The highest BCUT2D eigenvalue weighted by Gasteiger charge is 1.82. The van der Waals surface area contributed by atoms with Crippen LogP contribution in [0.25, 0.3) is 10.4 Å². The van der Waals surface area contributed by atoms with Crippen LogP contribution in [-0.4, -0.2) is 18.6 Å². The predicted octanol–water partition coefficient (Wildman–Crippen LogP) is 1.16. The molecule has 0 radical (unpaired) electrons. The van der Waals surface area contributed by atoms with Crippen LogP contribution in [0.5, 0.6) is 0 Å². The van der Waals surface area contributed by atoms with Gasteiger partial charge in [-0.05, 0) is 12.1 Å². The van der Waals surface area contributed by atoms with Gasteiger partial charge in [0.05, 0.1) is 13.6 Å². The van der Waals surface area contributed by atoms with Crippen molar-refractivity contribution in [1.29, 1.82) is 0 Å². The normalized spacial score (nSPS) is 7.14. The maximum atomic E-state index is 7.78. The van der Waals surface area contributed by atoms with Crippen molar-refractivity contribution in [3.63, 3.8) is 0 Å². The van der Waals surface area contributed by atoms with Crippen molar-refractivity contribution in [3.8, 4) is 0 Å². The van der Waals surface area contributed by atoms with E-state index in [1.165, 1.54) is 5.01 Å².